The molecule has 0 N–H and O–H groups in total. The first-order chi connectivity index (χ1) is 8.79. The normalized spacial score (nSPS) is 14.4. The molecule has 0 saturated heterocycles. The molecule has 0 aliphatic carbocycles. The highest BCUT2D eigenvalue weighted by Gasteiger charge is 2.21. The molecule has 1 aromatic carbocycles. The van der Waals surface area contributed by atoms with E-state index in [1.54, 1.807) is 18.3 Å². The first-order valence-corrected chi connectivity index (χ1v) is 5.78. The van der Waals surface area contributed by atoms with Crippen LogP contribution in [0.4, 0.5) is 10.1 Å². The number of hydrogen-bond acceptors (Lipinski definition) is 3. The summed E-state index contributed by atoms with van der Waals surface area (Å²) >= 11 is 0. The van der Waals surface area contributed by atoms with Crippen molar-refractivity contribution in [2.24, 2.45) is 0 Å². The molecule has 0 atom stereocenters. The smallest absolute Gasteiger partial charge is 0.152 e. The summed E-state index contributed by atoms with van der Waals surface area (Å²) in [5.74, 6) is 0.529. The fourth-order valence-electron chi connectivity index (χ4n) is 2.33. The van der Waals surface area contributed by atoms with Gasteiger partial charge in [-0.15, -0.1) is 0 Å². The molecule has 0 unspecified atom stereocenters. The maximum Gasteiger partial charge on any atom is 0.152 e. The predicted octanol–water partition coefficient (Wildman–Crippen LogP) is 1.85. The van der Waals surface area contributed by atoms with Gasteiger partial charge in [0.15, 0.2) is 6.29 Å². The van der Waals surface area contributed by atoms with Crippen LogP contribution < -0.4 is 4.90 Å². The second-order valence-corrected chi connectivity index (χ2v) is 4.25. The lowest BCUT2D eigenvalue weighted by Crippen LogP contribution is -2.34. The van der Waals surface area contributed by atoms with Crippen molar-refractivity contribution in [2.45, 2.75) is 13.1 Å². The number of benzene rings is 1. The van der Waals surface area contributed by atoms with E-state index in [0.29, 0.717) is 30.6 Å². The highest BCUT2D eigenvalue weighted by atomic mass is 19.1. The van der Waals surface area contributed by atoms with Crippen molar-refractivity contribution >= 4 is 12.0 Å². The average Bonchev–Trinajstić information content (AvgIpc) is 2.85. The highest BCUT2D eigenvalue weighted by Crippen LogP contribution is 2.26. The molecule has 1 aliphatic rings. The van der Waals surface area contributed by atoms with Gasteiger partial charge in [-0.05, 0) is 12.1 Å². The summed E-state index contributed by atoms with van der Waals surface area (Å²) in [7, 11) is 0. The quantitative estimate of drug-likeness (QED) is 0.758. The van der Waals surface area contributed by atoms with Crippen LogP contribution in [0.1, 0.15) is 16.2 Å². The van der Waals surface area contributed by atoms with E-state index in [4.69, 9.17) is 0 Å². The minimum atomic E-state index is -0.361. The molecule has 4 nitrogen and oxygen atoms in total. The zero-order valence-electron chi connectivity index (χ0n) is 9.71. The van der Waals surface area contributed by atoms with E-state index in [9.17, 15) is 9.18 Å². The summed E-state index contributed by atoms with van der Waals surface area (Å²) in [6, 6.07) is 4.56. The number of anilines is 1. The molecule has 2 heterocycles. The molecule has 2 aromatic rings. The van der Waals surface area contributed by atoms with E-state index in [2.05, 4.69) is 4.98 Å². The van der Waals surface area contributed by atoms with Crippen LogP contribution in [-0.2, 0) is 13.1 Å². The third kappa shape index (κ3) is 1.68. The van der Waals surface area contributed by atoms with Crippen molar-refractivity contribution in [1.82, 2.24) is 9.55 Å². The van der Waals surface area contributed by atoms with Crippen LogP contribution in [0.5, 0.6) is 0 Å². The SMILES string of the molecule is O=Cc1cccc(F)c1N1CCn2ccnc2C1. The van der Waals surface area contributed by atoms with Gasteiger partial charge in [0.2, 0.25) is 0 Å². The van der Waals surface area contributed by atoms with Crippen molar-refractivity contribution in [1.29, 1.82) is 0 Å². The number of aldehydes is 1. The molecular formula is C13H12FN3O. The van der Waals surface area contributed by atoms with Gasteiger partial charge in [-0.25, -0.2) is 9.37 Å². The van der Waals surface area contributed by atoms with Crippen LogP contribution in [0, 0.1) is 5.82 Å². The third-order valence-corrected chi connectivity index (χ3v) is 3.21. The number of hydrogen-bond donors (Lipinski definition) is 0. The van der Waals surface area contributed by atoms with Crippen molar-refractivity contribution in [3.63, 3.8) is 0 Å². The monoisotopic (exact) mass is 245 g/mol. The van der Waals surface area contributed by atoms with Gasteiger partial charge in [0.25, 0.3) is 0 Å². The summed E-state index contributed by atoms with van der Waals surface area (Å²) < 4.78 is 15.9. The van der Waals surface area contributed by atoms with E-state index in [1.807, 2.05) is 15.7 Å². The minimum Gasteiger partial charge on any atom is -0.359 e. The number of aromatic nitrogens is 2. The van der Waals surface area contributed by atoms with E-state index in [-0.39, 0.29) is 5.82 Å². The molecule has 18 heavy (non-hydrogen) atoms. The molecule has 0 fully saturated rings. The maximum atomic E-state index is 13.9. The van der Waals surface area contributed by atoms with Gasteiger partial charge >= 0.3 is 0 Å². The van der Waals surface area contributed by atoms with Gasteiger partial charge in [0.05, 0.1) is 12.2 Å². The number of carbonyl (C=O) groups is 1. The fourth-order valence-corrected chi connectivity index (χ4v) is 2.33. The Morgan fingerprint density at radius 1 is 1.33 bits per heavy atom. The Hall–Kier alpha value is -2.17. The molecule has 0 amide bonds. The van der Waals surface area contributed by atoms with E-state index in [1.165, 1.54) is 6.07 Å². The molecule has 5 heteroatoms. The minimum absolute atomic E-state index is 0.361. The Kier molecular flexibility index (Phi) is 2.59. The Morgan fingerprint density at radius 3 is 3.06 bits per heavy atom. The Morgan fingerprint density at radius 2 is 2.22 bits per heavy atom. The Bertz CT molecular complexity index is 594. The van der Waals surface area contributed by atoms with Gasteiger partial charge in [-0.1, -0.05) is 6.07 Å². The molecule has 3 rings (SSSR count). The summed E-state index contributed by atoms with van der Waals surface area (Å²) in [6.07, 6.45) is 4.34. The Balaban J connectivity index is 2.00. The standard InChI is InChI=1S/C13H12FN3O/c14-11-3-1-2-10(9-18)13(11)17-7-6-16-5-4-15-12(16)8-17/h1-5,9H,6-8H2. The molecule has 0 radical (unpaired) electrons. The number of para-hydroxylation sites is 1. The Labute approximate surface area is 104 Å². The predicted molar refractivity (Wildman–Crippen MR) is 65.1 cm³/mol. The first-order valence-electron chi connectivity index (χ1n) is 5.78. The number of fused-ring (bicyclic) bond motifs is 1. The highest BCUT2D eigenvalue weighted by molar-refractivity contribution is 5.84. The van der Waals surface area contributed by atoms with Crippen molar-refractivity contribution in [3.05, 3.63) is 47.8 Å². The summed E-state index contributed by atoms with van der Waals surface area (Å²) in [5.41, 5.74) is 0.761. The number of imidazole rings is 1. The average molecular weight is 245 g/mol. The van der Waals surface area contributed by atoms with E-state index >= 15 is 0 Å². The van der Waals surface area contributed by atoms with Crippen LogP contribution >= 0.6 is 0 Å². The zero-order valence-corrected chi connectivity index (χ0v) is 9.71. The van der Waals surface area contributed by atoms with Crippen LogP contribution in [0.25, 0.3) is 0 Å². The molecule has 0 saturated carbocycles. The second-order valence-electron chi connectivity index (χ2n) is 4.25. The van der Waals surface area contributed by atoms with Crippen LogP contribution in [0.3, 0.4) is 0 Å². The second kappa shape index (κ2) is 4.25. The lowest BCUT2D eigenvalue weighted by atomic mass is 10.1. The molecule has 0 spiro atoms. The lowest BCUT2D eigenvalue weighted by molar-refractivity contribution is 0.112. The topological polar surface area (TPSA) is 38.1 Å². The maximum absolute atomic E-state index is 13.9. The van der Waals surface area contributed by atoms with Crippen LogP contribution in [0.2, 0.25) is 0 Å². The van der Waals surface area contributed by atoms with Gasteiger partial charge in [0.1, 0.15) is 11.6 Å². The lowest BCUT2D eigenvalue weighted by Gasteiger charge is -2.30. The van der Waals surface area contributed by atoms with Crippen molar-refractivity contribution in [3.8, 4) is 0 Å². The summed E-state index contributed by atoms with van der Waals surface area (Å²) in [6.45, 7) is 1.95. The van der Waals surface area contributed by atoms with Gasteiger partial charge in [-0.3, -0.25) is 4.79 Å². The largest absolute Gasteiger partial charge is 0.359 e. The third-order valence-electron chi connectivity index (χ3n) is 3.21. The first kappa shape index (κ1) is 11.0. The van der Waals surface area contributed by atoms with E-state index < -0.39 is 0 Å². The zero-order chi connectivity index (χ0) is 12.5. The molecule has 1 aliphatic heterocycles. The van der Waals surface area contributed by atoms with E-state index in [0.717, 1.165) is 12.4 Å². The van der Waals surface area contributed by atoms with Gasteiger partial charge < -0.3 is 9.47 Å². The summed E-state index contributed by atoms with van der Waals surface area (Å²) in [4.78, 5) is 17.1. The number of nitrogens with zero attached hydrogens (tertiary/aromatic N) is 3. The molecule has 0 bridgehead atoms. The fraction of sp³-hybridized carbons (Fsp3) is 0.231. The summed E-state index contributed by atoms with van der Waals surface area (Å²) in [5, 5.41) is 0. The molecule has 92 valence electrons. The van der Waals surface area contributed by atoms with Crippen molar-refractivity contribution < 1.29 is 9.18 Å². The molecule has 1 aromatic heterocycles. The van der Waals surface area contributed by atoms with Gasteiger partial charge in [0, 0.05) is 31.0 Å². The number of rotatable bonds is 2. The number of carbonyl (C=O) groups excluding carboxylic acids is 1. The molecular weight excluding hydrogens is 233 g/mol. The van der Waals surface area contributed by atoms with Crippen LogP contribution in [0.15, 0.2) is 30.6 Å². The van der Waals surface area contributed by atoms with Crippen LogP contribution in [-0.4, -0.2) is 22.4 Å². The number of halogens is 1. The van der Waals surface area contributed by atoms with Crippen molar-refractivity contribution in [2.75, 3.05) is 11.4 Å². The van der Waals surface area contributed by atoms with Gasteiger partial charge in [-0.2, -0.15) is 0 Å².